The zero-order valence-corrected chi connectivity index (χ0v) is 25.7. The molecule has 240 valence electrons. The Bertz CT molecular complexity index is 2020. The van der Waals surface area contributed by atoms with Crippen LogP contribution in [0.1, 0.15) is 36.3 Å². The van der Waals surface area contributed by atoms with Crippen LogP contribution in [0.4, 0.5) is 19.1 Å². The molecule has 2 fully saturated rings. The Balaban J connectivity index is 1.40. The summed E-state index contributed by atoms with van der Waals surface area (Å²) >= 11 is 0. The van der Waals surface area contributed by atoms with Gasteiger partial charge in [-0.3, -0.25) is 4.90 Å². The molecule has 5 aromatic rings. The number of benzene rings is 1. The number of nitrogens with zero attached hydrogens (tertiary/aromatic N) is 6. The lowest BCUT2D eigenvalue weighted by molar-refractivity contribution is -0.137. The molecule has 11 nitrogen and oxygen atoms in total. The monoisotopic (exact) mass is 653 g/mol. The third-order valence-electron chi connectivity index (χ3n) is 8.71. The fourth-order valence-electron chi connectivity index (χ4n) is 6.47. The van der Waals surface area contributed by atoms with Gasteiger partial charge in [-0.05, 0) is 57.4 Å². The standard InChI is InChI=1S/C31H30F3N7O4S/c1-17-27(18(2)45-39-17)25-12-11-21-22(16-41(29(21)36-25)46(43,44)20-7-4-3-5-8-20)28-23(31(32,33)34)13-35-30(38-28)37-24-9-6-10-26(24)40-14-19(42)15-40/h3-5,7-8,11-13,16,19,24,26,42H,6,9-10,14-15H2,1-2H3,(H,35,37,38)/t24-,26+/m0/s1. The maximum absolute atomic E-state index is 14.5. The number of halogens is 3. The average Bonchev–Trinajstić information content (AvgIpc) is 3.72. The van der Waals surface area contributed by atoms with Crippen LogP contribution in [0.5, 0.6) is 0 Å². The maximum atomic E-state index is 14.5. The van der Waals surface area contributed by atoms with Gasteiger partial charge in [-0.2, -0.15) is 13.2 Å². The number of aliphatic hydroxyl groups excluding tert-OH is 1. The molecule has 15 heteroatoms. The molecule has 5 heterocycles. The number of aryl methyl sites for hydroxylation is 2. The minimum Gasteiger partial charge on any atom is -0.390 e. The van der Waals surface area contributed by atoms with Crippen LogP contribution in [0.2, 0.25) is 0 Å². The number of alkyl halides is 3. The maximum Gasteiger partial charge on any atom is 0.419 e. The second kappa shape index (κ2) is 11.2. The van der Waals surface area contributed by atoms with Crippen molar-refractivity contribution in [1.29, 1.82) is 0 Å². The fraction of sp³-hybridized carbons (Fsp3) is 0.355. The largest absolute Gasteiger partial charge is 0.419 e. The number of rotatable bonds is 7. The summed E-state index contributed by atoms with van der Waals surface area (Å²) in [6.07, 6.45) is -0.810. The van der Waals surface area contributed by atoms with Crippen LogP contribution in [0, 0.1) is 13.8 Å². The summed E-state index contributed by atoms with van der Waals surface area (Å²) in [6, 6.07) is 10.7. The molecule has 0 radical (unpaired) electrons. The van der Waals surface area contributed by atoms with E-state index in [0.717, 1.165) is 35.6 Å². The van der Waals surface area contributed by atoms with E-state index in [-0.39, 0.29) is 45.6 Å². The predicted molar refractivity (Wildman–Crippen MR) is 162 cm³/mol. The van der Waals surface area contributed by atoms with Crippen molar-refractivity contribution in [3.05, 3.63) is 71.9 Å². The van der Waals surface area contributed by atoms with Crippen molar-refractivity contribution in [1.82, 2.24) is 29.0 Å². The normalized spacial score (nSPS) is 19.5. The number of aliphatic hydroxyl groups is 1. The van der Waals surface area contributed by atoms with Crippen molar-refractivity contribution in [2.45, 2.75) is 62.4 Å². The third-order valence-corrected chi connectivity index (χ3v) is 10.4. The molecule has 1 aliphatic heterocycles. The molecule has 0 spiro atoms. The van der Waals surface area contributed by atoms with Crippen LogP contribution in [-0.4, -0.2) is 73.8 Å². The Morgan fingerprint density at radius 1 is 1.04 bits per heavy atom. The van der Waals surface area contributed by atoms with E-state index >= 15 is 0 Å². The molecule has 2 atom stereocenters. The third kappa shape index (κ3) is 5.21. The second-order valence-corrected chi connectivity index (χ2v) is 13.5. The van der Waals surface area contributed by atoms with Gasteiger partial charge in [0.2, 0.25) is 5.95 Å². The van der Waals surface area contributed by atoms with E-state index in [1.807, 2.05) is 0 Å². The second-order valence-electron chi connectivity index (χ2n) is 11.7. The van der Waals surface area contributed by atoms with E-state index in [4.69, 9.17) is 4.52 Å². The quantitative estimate of drug-likeness (QED) is 0.246. The highest BCUT2D eigenvalue weighted by molar-refractivity contribution is 7.90. The van der Waals surface area contributed by atoms with Crippen LogP contribution in [0.3, 0.4) is 0 Å². The van der Waals surface area contributed by atoms with Crippen molar-refractivity contribution < 1.29 is 31.2 Å². The van der Waals surface area contributed by atoms with Crippen LogP contribution in [-0.2, 0) is 16.2 Å². The Hall–Kier alpha value is -4.34. The molecule has 46 heavy (non-hydrogen) atoms. The molecule has 0 unspecified atom stereocenters. The summed E-state index contributed by atoms with van der Waals surface area (Å²) in [6.45, 7) is 4.49. The van der Waals surface area contributed by atoms with E-state index in [9.17, 15) is 26.7 Å². The van der Waals surface area contributed by atoms with Gasteiger partial charge in [0.15, 0.2) is 5.65 Å². The highest BCUT2D eigenvalue weighted by Gasteiger charge is 2.40. The van der Waals surface area contributed by atoms with Crippen molar-refractivity contribution >= 4 is 27.0 Å². The van der Waals surface area contributed by atoms with Crippen LogP contribution in [0.15, 0.2) is 64.3 Å². The van der Waals surface area contributed by atoms with E-state index in [2.05, 4.69) is 30.3 Å². The summed E-state index contributed by atoms with van der Waals surface area (Å²) in [5.41, 5.74) is -0.308. The average molecular weight is 654 g/mol. The van der Waals surface area contributed by atoms with Gasteiger partial charge in [0.25, 0.3) is 10.0 Å². The zero-order valence-electron chi connectivity index (χ0n) is 24.9. The summed E-state index contributed by atoms with van der Waals surface area (Å²) in [7, 11) is -4.30. The van der Waals surface area contributed by atoms with Crippen LogP contribution in [0.25, 0.3) is 33.5 Å². The fourth-order valence-corrected chi connectivity index (χ4v) is 7.81. The summed E-state index contributed by atoms with van der Waals surface area (Å²) in [4.78, 5) is 15.1. The first-order valence-corrected chi connectivity index (χ1v) is 16.2. The highest BCUT2D eigenvalue weighted by Crippen LogP contribution is 2.41. The van der Waals surface area contributed by atoms with Gasteiger partial charge in [0.05, 0.1) is 33.6 Å². The molecular formula is C31H30F3N7O4S. The lowest BCUT2D eigenvalue weighted by Crippen LogP contribution is -2.58. The van der Waals surface area contributed by atoms with E-state index in [0.29, 0.717) is 35.8 Å². The minimum atomic E-state index is -4.84. The van der Waals surface area contributed by atoms with Gasteiger partial charge in [0.1, 0.15) is 11.3 Å². The number of β-amino-alcohol motifs (C(OH)–C–C–N with tert-alkyl or cyclic N) is 1. The number of likely N-dealkylation sites (tertiary alicyclic amines) is 1. The number of pyridine rings is 1. The molecule has 4 aromatic heterocycles. The van der Waals surface area contributed by atoms with Gasteiger partial charge in [0, 0.05) is 48.5 Å². The molecule has 1 aliphatic carbocycles. The number of hydrogen-bond acceptors (Lipinski definition) is 10. The van der Waals surface area contributed by atoms with Crippen molar-refractivity contribution in [3.8, 4) is 22.5 Å². The Labute approximate surface area is 262 Å². The Kier molecular flexibility index (Phi) is 7.36. The highest BCUT2D eigenvalue weighted by atomic mass is 32.2. The molecule has 7 rings (SSSR count). The van der Waals surface area contributed by atoms with E-state index in [1.54, 1.807) is 38.1 Å². The molecule has 1 saturated carbocycles. The van der Waals surface area contributed by atoms with Gasteiger partial charge in [-0.1, -0.05) is 23.4 Å². The molecule has 0 bridgehead atoms. The topological polar surface area (TPSA) is 139 Å². The molecule has 0 amide bonds. The van der Waals surface area contributed by atoms with Crippen LogP contribution >= 0.6 is 0 Å². The van der Waals surface area contributed by atoms with Gasteiger partial charge in [-0.15, -0.1) is 0 Å². The summed E-state index contributed by atoms with van der Waals surface area (Å²) in [5, 5.41) is 17.1. The number of nitrogens with one attached hydrogen (secondary N) is 1. The number of hydrogen-bond donors (Lipinski definition) is 2. The smallest absolute Gasteiger partial charge is 0.390 e. The summed E-state index contributed by atoms with van der Waals surface area (Å²) in [5.74, 6) is 0.450. The van der Waals surface area contributed by atoms with Gasteiger partial charge >= 0.3 is 6.18 Å². The predicted octanol–water partition coefficient (Wildman–Crippen LogP) is 5.03. The van der Waals surface area contributed by atoms with Crippen molar-refractivity contribution in [3.63, 3.8) is 0 Å². The van der Waals surface area contributed by atoms with Crippen molar-refractivity contribution in [2.24, 2.45) is 0 Å². The van der Waals surface area contributed by atoms with E-state index in [1.165, 1.54) is 18.2 Å². The van der Waals surface area contributed by atoms with Crippen molar-refractivity contribution in [2.75, 3.05) is 18.4 Å². The minimum absolute atomic E-state index is 0.00640. The SMILES string of the molecule is Cc1noc(C)c1-c1ccc2c(-c3nc(N[C@H]4CCC[C@H]4N4CC(O)C4)ncc3C(F)(F)F)cn(S(=O)(=O)c3ccccc3)c2n1. The Morgan fingerprint density at radius 2 is 1.80 bits per heavy atom. The number of aromatic nitrogens is 5. The Morgan fingerprint density at radius 3 is 2.48 bits per heavy atom. The summed E-state index contributed by atoms with van der Waals surface area (Å²) < 4.78 is 77.6. The van der Waals surface area contributed by atoms with E-state index < -0.39 is 27.5 Å². The van der Waals surface area contributed by atoms with Crippen LogP contribution < -0.4 is 5.32 Å². The number of fused-ring (bicyclic) bond motifs is 1. The van der Waals surface area contributed by atoms with Gasteiger partial charge < -0.3 is 14.9 Å². The lowest BCUT2D eigenvalue weighted by Gasteiger charge is -2.42. The molecule has 1 aromatic carbocycles. The number of anilines is 1. The molecule has 2 N–H and O–H groups in total. The first-order valence-electron chi connectivity index (χ1n) is 14.8. The molecule has 1 saturated heterocycles. The zero-order chi connectivity index (χ0) is 32.4. The first-order chi connectivity index (χ1) is 21.9. The first kappa shape index (κ1) is 30.3. The lowest BCUT2D eigenvalue weighted by atomic mass is 10.0. The molecule has 2 aliphatic rings. The molecular weight excluding hydrogens is 623 g/mol. The van der Waals surface area contributed by atoms with Gasteiger partial charge in [-0.25, -0.2) is 27.3 Å².